The normalized spacial score (nSPS) is 19.3. The Hall–Kier alpha value is -1.76. The van der Waals surface area contributed by atoms with Crippen molar-refractivity contribution in [2.75, 3.05) is 11.9 Å². The molecule has 0 aliphatic heterocycles. The first kappa shape index (κ1) is 21.9. The maximum Gasteiger partial charge on any atom is 0.0340 e. The minimum atomic E-state index is 0.773. The van der Waals surface area contributed by atoms with Crippen LogP contribution in [0.15, 0.2) is 42.5 Å². The summed E-state index contributed by atoms with van der Waals surface area (Å²) >= 11 is 0. The van der Waals surface area contributed by atoms with Crippen LogP contribution in [0.5, 0.6) is 0 Å². The molecule has 2 aromatic carbocycles. The van der Waals surface area contributed by atoms with Gasteiger partial charge in [-0.25, -0.2) is 0 Å². The Morgan fingerprint density at radius 3 is 2.21 bits per heavy atom. The quantitative estimate of drug-likeness (QED) is 0.399. The number of benzene rings is 2. The highest BCUT2D eigenvalue weighted by Gasteiger charge is 2.22. The molecule has 1 nitrogen and oxygen atoms in total. The average molecular weight is 392 g/mol. The molecule has 1 saturated carbocycles. The Balaban J connectivity index is 1.58. The average Bonchev–Trinajstić information content (AvgIpc) is 2.75. The minimum absolute atomic E-state index is 0.773. The highest BCUT2D eigenvalue weighted by Crippen LogP contribution is 2.39. The summed E-state index contributed by atoms with van der Waals surface area (Å²) in [6, 6.07) is 16.2. The van der Waals surface area contributed by atoms with Crippen LogP contribution >= 0.6 is 0 Å². The van der Waals surface area contributed by atoms with Crippen molar-refractivity contribution in [1.82, 2.24) is 0 Å². The molecule has 0 bridgehead atoms. The largest absolute Gasteiger partial charge is 0.385 e. The molecule has 0 amide bonds. The molecular weight excluding hydrogens is 350 g/mol. The summed E-state index contributed by atoms with van der Waals surface area (Å²) in [6.45, 7) is 7.88. The smallest absolute Gasteiger partial charge is 0.0340 e. The number of hydrogen-bond acceptors (Lipinski definition) is 1. The molecule has 1 fully saturated rings. The number of nitrogens with one attached hydrogen (secondary N) is 1. The summed E-state index contributed by atoms with van der Waals surface area (Å²) in [7, 11) is 0. The maximum atomic E-state index is 3.51. The number of anilines is 1. The van der Waals surface area contributed by atoms with E-state index in [0.717, 1.165) is 18.4 Å². The summed E-state index contributed by atoms with van der Waals surface area (Å²) in [4.78, 5) is 0. The van der Waals surface area contributed by atoms with E-state index in [4.69, 9.17) is 0 Å². The lowest BCUT2D eigenvalue weighted by molar-refractivity contribution is 0.303. The molecule has 1 N–H and O–H groups in total. The first-order chi connectivity index (χ1) is 14.2. The minimum Gasteiger partial charge on any atom is -0.385 e. The fourth-order valence-corrected chi connectivity index (χ4v) is 4.91. The first-order valence-corrected chi connectivity index (χ1v) is 12.2. The molecule has 0 heterocycles. The van der Waals surface area contributed by atoms with Gasteiger partial charge < -0.3 is 5.32 Å². The van der Waals surface area contributed by atoms with Crippen LogP contribution in [0.3, 0.4) is 0 Å². The Labute approximate surface area is 179 Å². The van der Waals surface area contributed by atoms with Crippen molar-refractivity contribution in [1.29, 1.82) is 0 Å². The van der Waals surface area contributed by atoms with E-state index < -0.39 is 0 Å². The lowest BCUT2D eigenvalue weighted by atomic mass is 9.76. The highest BCUT2D eigenvalue weighted by molar-refractivity contribution is 5.69. The fourth-order valence-electron chi connectivity index (χ4n) is 4.91. The van der Waals surface area contributed by atoms with Crippen LogP contribution in [0.25, 0.3) is 11.1 Å². The molecule has 0 spiro atoms. The van der Waals surface area contributed by atoms with Gasteiger partial charge in [0.15, 0.2) is 0 Å². The van der Waals surface area contributed by atoms with Gasteiger partial charge in [0, 0.05) is 12.2 Å². The van der Waals surface area contributed by atoms with Crippen molar-refractivity contribution in [3.8, 4) is 11.1 Å². The Morgan fingerprint density at radius 2 is 1.55 bits per heavy atom. The Morgan fingerprint density at radius 1 is 0.828 bits per heavy atom. The summed E-state index contributed by atoms with van der Waals surface area (Å²) in [5.41, 5.74) is 6.92. The molecule has 29 heavy (non-hydrogen) atoms. The van der Waals surface area contributed by atoms with E-state index in [2.05, 4.69) is 68.6 Å². The van der Waals surface area contributed by atoms with Crippen LogP contribution in [-0.2, 0) is 0 Å². The van der Waals surface area contributed by atoms with Gasteiger partial charge in [-0.05, 0) is 85.3 Å². The van der Waals surface area contributed by atoms with Crippen LogP contribution < -0.4 is 5.32 Å². The lowest BCUT2D eigenvalue weighted by Crippen LogP contribution is -2.13. The van der Waals surface area contributed by atoms with E-state index in [1.807, 2.05) is 0 Å². The highest BCUT2D eigenvalue weighted by atomic mass is 14.9. The standard InChI is InChI=1S/C28H41N/c1-4-6-8-9-23-10-12-24(13-11-23)26-16-19-28(22(3)21-26)25-14-17-27(18-15-25)29-20-7-5-2/h14-19,21,23-24,29H,4-13,20H2,1-3H3/t23-,24-. The molecule has 158 valence electrons. The van der Waals surface area contributed by atoms with E-state index >= 15 is 0 Å². The van der Waals surface area contributed by atoms with Gasteiger partial charge in [-0.2, -0.15) is 0 Å². The number of hydrogen-bond donors (Lipinski definition) is 1. The molecule has 2 aromatic rings. The zero-order chi connectivity index (χ0) is 20.5. The van der Waals surface area contributed by atoms with Gasteiger partial charge in [0.2, 0.25) is 0 Å². The van der Waals surface area contributed by atoms with Crippen LogP contribution in [0.1, 0.15) is 95.1 Å². The van der Waals surface area contributed by atoms with Crippen LogP contribution in [0.4, 0.5) is 5.69 Å². The molecule has 0 unspecified atom stereocenters. The van der Waals surface area contributed by atoms with E-state index in [0.29, 0.717) is 0 Å². The van der Waals surface area contributed by atoms with E-state index in [-0.39, 0.29) is 0 Å². The van der Waals surface area contributed by atoms with Gasteiger partial charge in [0.05, 0.1) is 0 Å². The predicted octanol–water partition coefficient (Wildman–Crippen LogP) is 8.73. The zero-order valence-corrected chi connectivity index (χ0v) is 19.0. The maximum absolute atomic E-state index is 3.51. The van der Waals surface area contributed by atoms with E-state index in [9.17, 15) is 0 Å². The summed E-state index contributed by atoms with van der Waals surface area (Å²) in [5, 5.41) is 3.51. The molecule has 0 radical (unpaired) electrons. The third kappa shape index (κ3) is 6.36. The number of rotatable bonds is 10. The van der Waals surface area contributed by atoms with Crippen molar-refractivity contribution in [2.45, 2.75) is 90.9 Å². The topological polar surface area (TPSA) is 12.0 Å². The van der Waals surface area contributed by atoms with Gasteiger partial charge >= 0.3 is 0 Å². The fraction of sp³-hybridized carbons (Fsp3) is 0.571. The zero-order valence-electron chi connectivity index (χ0n) is 19.0. The third-order valence-corrected chi connectivity index (χ3v) is 6.84. The molecule has 1 aliphatic rings. The van der Waals surface area contributed by atoms with Crippen LogP contribution in [-0.4, -0.2) is 6.54 Å². The SMILES string of the molecule is CCCCC[C@H]1CC[C@H](c2ccc(-c3ccc(NCCCC)cc3)c(C)c2)CC1. The van der Waals surface area contributed by atoms with Crippen LogP contribution in [0.2, 0.25) is 0 Å². The van der Waals surface area contributed by atoms with Crippen molar-refractivity contribution >= 4 is 5.69 Å². The Kier molecular flexibility index (Phi) is 8.65. The van der Waals surface area contributed by atoms with Gasteiger partial charge in [0.25, 0.3) is 0 Å². The van der Waals surface area contributed by atoms with Gasteiger partial charge in [0.1, 0.15) is 0 Å². The number of unbranched alkanes of at least 4 members (excludes halogenated alkanes) is 3. The van der Waals surface area contributed by atoms with Crippen LogP contribution in [0, 0.1) is 12.8 Å². The summed E-state index contributed by atoms with van der Waals surface area (Å²) in [5.74, 6) is 1.76. The summed E-state index contributed by atoms with van der Waals surface area (Å²) in [6.07, 6.45) is 13.7. The molecule has 3 rings (SSSR count). The molecule has 0 atom stereocenters. The molecular formula is C28H41N. The number of aryl methyl sites for hydroxylation is 1. The monoisotopic (exact) mass is 391 g/mol. The van der Waals surface area contributed by atoms with Gasteiger partial charge in [-0.3, -0.25) is 0 Å². The third-order valence-electron chi connectivity index (χ3n) is 6.84. The van der Waals surface area contributed by atoms with Gasteiger partial charge in [-0.1, -0.05) is 76.3 Å². The van der Waals surface area contributed by atoms with Crippen molar-refractivity contribution < 1.29 is 0 Å². The molecule has 1 heteroatoms. The van der Waals surface area contributed by atoms with Crippen molar-refractivity contribution in [2.24, 2.45) is 5.92 Å². The second kappa shape index (κ2) is 11.4. The Bertz CT molecular complexity index is 722. The van der Waals surface area contributed by atoms with E-state index in [1.165, 1.54) is 86.6 Å². The molecule has 0 aromatic heterocycles. The van der Waals surface area contributed by atoms with E-state index in [1.54, 1.807) is 5.56 Å². The molecule has 1 aliphatic carbocycles. The second-order valence-corrected chi connectivity index (χ2v) is 9.15. The first-order valence-electron chi connectivity index (χ1n) is 12.2. The second-order valence-electron chi connectivity index (χ2n) is 9.15. The van der Waals surface area contributed by atoms with Crippen molar-refractivity contribution in [3.63, 3.8) is 0 Å². The molecule has 0 saturated heterocycles. The summed E-state index contributed by atoms with van der Waals surface area (Å²) < 4.78 is 0. The lowest BCUT2D eigenvalue weighted by Gasteiger charge is -2.29. The van der Waals surface area contributed by atoms with Gasteiger partial charge in [-0.15, -0.1) is 0 Å². The predicted molar refractivity (Wildman–Crippen MR) is 129 cm³/mol. The van der Waals surface area contributed by atoms with Crippen molar-refractivity contribution in [3.05, 3.63) is 53.6 Å².